The molecule has 1 atom stereocenters. The second-order valence-corrected chi connectivity index (χ2v) is 6.35. The van der Waals surface area contributed by atoms with Gasteiger partial charge in [-0.1, -0.05) is 0 Å². The van der Waals surface area contributed by atoms with Crippen molar-refractivity contribution in [3.05, 3.63) is 18.3 Å². The molecule has 98 valence electrons. The van der Waals surface area contributed by atoms with E-state index in [-0.39, 0.29) is 16.6 Å². The van der Waals surface area contributed by atoms with Gasteiger partial charge in [-0.2, -0.15) is 0 Å². The molecule has 0 radical (unpaired) electrons. The minimum Gasteiger partial charge on any atom is -0.357 e. The van der Waals surface area contributed by atoms with E-state index in [9.17, 15) is 13.2 Å². The zero-order valence-electron chi connectivity index (χ0n) is 10.3. The quantitative estimate of drug-likeness (QED) is 0.843. The van der Waals surface area contributed by atoms with E-state index in [0.717, 1.165) is 6.26 Å². The van der Waals surface area contributed by atoms with Gasteiger partial charge in [-0.3, -0.25) is 4.79 Å². The summed E-state index contributed by atoms with van der Waals surface area (Å²) in [4.78, 5) is 17.5. The van der Waals surface area contributed by atoms with Crippen molar-refractivity contribution in [2.45, 2.75) is 17.4 Å². The second kappa shape index (κ2) is 4.56. The van der Waals surface area contributed by atoms with Gasteiger partial charge in [0.2, 0.25) is 5.91 Å². The Morgan fingerprint density at radius 2 is 2.22 bits per heavy atom. The number of anilines is 1. The molecular weight excluding hydrogens is 254 g/mol. The Morgan fingerprint density at radius 1 is 1.50 bits per heavy atom. The molecule has 0 aliphatic carbocycles. The third-order valence-corrected chi connectivity index (χ3v) is 4.04. The average Bonchev–Trinajstić information content (AvgIpc) is 2.60. The van der Waals surface area contributed by atoms with Crippen LogP contribution >= 0.6 is 0 Å². The van der Waals surface area contributed by atoms with Crippen molar-refractivity contribution in [1.29, 1.82) is 0 Å². The molecule has 2 rings (SSSR count). The smallest absolute Gasteiger partial charge is 0.244 e. The summed E-state index contributed by atoms with van der Waals surface area (Å²) < 4.78 is 23.2. The maximum Gasteiger partial charge on any atom is 0.244 e. The molecule has 1 saturated heterocycles. The summed E-state index contributed by atoms with van der Waals surface area (Å²) in [5.41, 5.74) is 0. The fourth-order valence-corrected chi connectivity index (χ4v) is 2.71. The van der Waals surface area contributed by atoms with Gasteiger partial charge in [-0.05, 0) is 18.6 Å². The van der Waals surface area contributed by atoms with Gasteiger partial charge in [0.25, 0.3) is 0 Å². The highest BCUT2D eigenvalue weighted by atomic mass is 32.2. The van der Waals surface area contributed by atoms with Crippen LogP contribution in [0.3, 0.4) is 0 Å². The monoisotopic (exact) mass is 269 g/mol. The van der Waals surface area contributed by atoms with Gasteiger partial charge >= 0.3 is 0 Å². The summed E-state index contributed by atoms with van der Waals surface area (Å²) in [6, 6.07) is 2.64. The molecule has 7 heteroatoms. The number of nitrogens with one attached hydrogen (secondary N) is 1. The van der Waals surface area contributed by atoms with E-state index in [4.69, 9.17) is 0 Å². The SMILES string of the molecule is CN1CCC(Nc2ncccc2S(C)(=O)=O)C1=O. The highest BCUT2D eigenvalue weighted by molar-refractivity contribution is 7.90. The van der Waals surface area contributed by atoms with Gasteiger partial charge in [-0.25, -0.2) is 13.4 Å². The van der Waals surface area contributed by atoms with Crippen molar-refractivity contribution in [3.63, 3.8) is 0 Å². The number of nitrogens with zero attached hydrogens (tertiary/aromatic N) is 2. The highest BCUT2D eigenvalue weighted by Gasteiger charge is 2.30. The van der Waals surface area contributed by atoms with Gasteiger partial charge in [0.1, 0.15) is 16.8 Å². The normalized spacial score (nSPS) is 20.2. The molecular formula is C11H15N3O3S. The molecule has 1 fully saturated rings. The summed E-state index contributed by atoms with van der Waals surface area (Å²) >= 11 is 0. The average molecular weight is 269 g/mol. The zero-order chi connectivity index (χ0) is 13.3. The molecule has 0 bridgehead atoms. The number of hydrogen-bond acceptors (Lipinski definition) is 5. The van der Waals surface area contributed by atoms with Crippen LogP contribution in [0.5, 0.6) is 0 Å². The highest BCUT2D eigenvalue weighted by Crippen LogP contribution is 2.21. The molecule has 1 aromatic heterocycles. The van der Waals surface area contributed by atoms with E-state index >= 15 is 0 Å². The second-order valence-electron chi connectivity index (χ2n) is 4.37. The van der Waals surface area contributed by atoms with Crippen LogP contribution in [-0.4, -0.2) is 50.1 Å². The summed E-state index contributed by atoms with van der Waals surface area (Å²) in [5.74, 6) is 0.203. The Hall–Kier alpha value is -1.63. The van der Waals surface area contributed by atoms with Crippen molar-refractivity contribution >= 4 is 21.6 Å². The van der Waals surface area contributed by atoms with Gasteiger partial charge in [0.15, 0.2) is 9.84 Å². The number of rotatable bonds is 3. The van der Waals surface area contributed by atoms with E-state index in [1.54, 1.807) is 18.0 Å². The Bertz CT molecular complexity index is 571. The number of likely N-dealkylation sites (tertiary alicyclic amines) is 1. The largest absolute Gasteiger partial charge is 0.357 e. The van der Waals surface area contributed by atoms with Crippen LogP contribution in [0.4, 0.5) is 5.82 Å². The third-order valence-electron chi connectivity index (χ3n) is 2.91. The summed E-state index contributed by atoms with van der Waals surface area (Å²) in [5, 5.41) is 2.91. The predicted octanol–water partition coefficient (Wildman–Crippen LogP) is 0.128. The lowest BCUT2D eigenvalue weighted by Crippen LogP contribution is -2.31. The number of amides is 1. The Labute approximate surface area is 106 Å². The lowest BCUT2D eigenvalue weighted by molar-refractivity contribution is -0.127. The topological polar surface area (TPSA) is 79.4 Å². The summed E-state index contributed by atoms with van der Waals surface area (Å²) in [6.07, 6.45) is 3.27. The number of sulfone groups is 1. The molecule has 0 spiro atoms. The molecule has 1 aliphatic heterocycles. The lowest BCUT2D eigenvalue weighted by atomic mass is 10.2. The van der Waals surface area contributed by atoms with E-state index in [1.165, 1.54) is 12.3 Å². The maximum absolute atomic E-state index is 11.8. The summed E-state index contributed by atoms with van der Waals surface area (Å²) in [6.45, 7) is 0.664. The van der Waals surface area contributed by atoms with Crippen LogP contribution in [0.25, 0.3) is 0 Å². The number of hydrogen-bond donors (Lipinski definition) is 1. The standard InChI is InChI=1S/C11H15N3O3S/c1-14-7-5-8(11(14)15)13-10-9(18(2,16)17)4-3-6-12-10/h3-4,6,8H,5,7H2,1-2H3,(H,12,13). The van der Waals surface area contributed by atoms with Crippen LogP contribution in [0, 0.1) is 0 Å². The molecule has 6 nitrogen and oxygen atoms in total. The predicted molar refractivity (Wildman–Crippen MR) is 67.0 cm³/mol. The number of aromatic nitrogens is 1. The van der Waals surface area contributed by atoms with Gasteiger partial charge < -0.3 is 10.2 Å². The molecule has 1 unspecified atom stereocenters. The Balaban J connectivity index is 2.28. The van der Waals surface area contributed by atoms with Crippen molar-refractivity contribution in [2.75, 3.05) is 25.2 Å². The molecule has 1 aromatic rings. The molecule has 1 N–H and O–H groups in total. The Kier molecular flexibility index (Phi) is 3.25. The van der Waals surface area contributed by atoms with E-state index in [1.807, 2.05) is 0 Å². The van der Waals surface area contributed by atoms with Crippen LogP contribution in [-0.2, 0) is 14.6 Å². The zero-order valence-corrected chi connectivity index (χ0v) is 11.1. The number of likely N-dealkylation sites (N-methyl/N-ethyl adjacent to an activating group) is 1. The minimum absolute atomic E-state index is 0.0416. The van der Waals surface area contributed by atoms with Crippen molar-refractivity contribution < 1.29 is 13.2 Å². The van der Waals surface area contributed by atoms with E-state index in [0.29, 0.717) is 13.0 Å². The van der Waals surface area contributed by atoms with Crippen LogP contribution in [0.2, 0.25) is 0 Å². The molecule has 1 amide bonds. The third kappa shape index (κ3) is 2.45. The molecule has 18 heavy (non-hydrogen) atoms. The number of carbonyl (C=O) groups is 1. The van der Waals surface area contributed by atoms with Crippen LogP contribution < -0.4 is 5.32 Å². The number of carbonyl (C=O) groups excluding carboxylic acids is 1. The molecule has 2 heterocycles. The lowest BCUT2D eigenvalue weighted by Gasteiger charge is -2.14. The fraction of sp³-hybridized carbons (Fsp3) is 0.455. The van der Waals surface area contributed by atoms with Gasteiger partial charge in [0.05, 0.1) is 0 Å². The van der Waals surface area contributed by atoms with Crippen LogP contribution in [0.15, 0.2) is 23.2 Å². The van der Waals surface area contributed by atoms with E-state index in [2.05, 4.69) is 10.3 Å². The molecule has 1 aliphatic rings. The first-order chi connectivity index (χ1) is 8.39. The minimum atomic E-state index is -3.36. The fourth-order valence-electron chi connectivity index (χ4n) is 1.92. The summed E-state index contributed by atoms with van der Waals surface area (Å²) in [7, 11) is -1.63. The first-order valence-corrected chi connectivity index (χ1v) is 7.45. The number of pyridine rings is 1. The molecule has 0 saturated carbocycles. The first kappa shape index (κ1) is 12.8. The van der Waals surface area contributed by atoms with Crippen molar-refractivity contribution in [2.24, 2.45) is 0 Å². The Morgan fingerprint density at radius 3 is 2.78 bits per heavy atom. The maximum atomic E-state index is 11.8. The van der Waals surface area contributed by atoms with Crippen LogP contribution in [0.1, 0.15) is 6.42 Å². The van der Waals surface area contributed by atoms with Gasteiger partial charge in [0, 0.05) is 26.0 Å². The van der Waals surface area contributed by atoms with Crippen molar-refractivity contribution in [3.8, 4) is 0 Å². The van der Waals surface area contributed by atoms with E-state index < -0.39 is 15.9 Å². The van der Waals surface area contributed by atoms with Gasteiger partial charge in [-0.15, -0.1) is 0 Å². The first-order valence-electron chi connectivity index (χ1n) is 5.56. The van der Waals surface area contributed by atoms with Crippen molar-refractivity contribution in [1.82, 2.24) is 9.88 Å². The molecule has 0 aromatic carbocycles.